The van der Waals surface area contributed by atoms with E-state index in [1.54, 1.807) is 0 Å². The molecule has 2 atom stereocenters. The third-order valence-electron chi connectivity index (χ3n) is 4.21. The highest BCUT2D eigenvalue weighted by Gasteiger charge is 2.23. The van der Waals surface area contributed by atoms with Crippen LogP contribution in [0.25, 0.3) is 0 Å². The number of nitrogens with one attached hydrogen (secondary N) is 2. The maximum Gasteiger partial charge on any atom is 0.242 e. The predicted molar refractivity (Wildman–Crippen MR) is 86.3 cm³/mol. The molecule has 1 aromatic carbocycles. The van der Waals surface area contributed by atoms with Gasteiger partial charge in [0.05, 0.1) is 6.54 Å². The van der Waals surface area contributed by atoms with Crippen LogP contribution in [0.2, 0.25) is 0 Å². The monoisotopic (exact) mass is 303 g/mol. The molecule has 5 heteroatoms. The largest absolute Gasteiger partial charge is 0.354 e. The van der Waals surface area contributed by atoms with E-state index in [2.05, 4.69) is 29.7 Å². The first-order chi connectivity index (χ1) is 10.6. The smallest absolute Gasteiger partial charge is 0.242 e. The summed E-state index contributed by atoms with van der Waals surface area (Å²) in [6, 6.07) is 9.83. The molecule has 0 bridgehead atoms. The molecule has 1 fully saturated rings. The van der Waals surface area contributed by atoms with Crippen molar-refractivity contribution in [2.75, 3.05) is 20.1 Å². The number of likely N-dealkylation sites (N-methyl/N-ethyl adjacent to an activating group) is 1. The molecule has 1 heterocycles. The van der Waals surface area contributed by atoms with E-state index < -0.39 is 6.04 Å². The Morgan fingerprint density at radius 1 is 1.36 bits per heavy atom. The lowest BCUT2D eigenvalue weighted by molar-refractivity contribution is -0.129. The van der Waals surface area contributed by atoms with Gasteiger partial charge in [-0.3, -0.25) is 14.5 Å². The lowest BCUT2D eigenvalue weighted by Crippen LogP contribution is -2.48. The standard InChI is InChI=1S/C17H25N3O2/c1-13(14-8-4-3-5-9-14)20(2)12-16(21)19-15-10-6-7-11-18-17(15)22/h3-5,8-9,13,15H,6-7,10-12H2,1-2H3,(H,18,22)(H,19,21). The summed E-state index contributed by atoms with van der Waals surface area (Å²) < 4.78 is 0. The molecule has 0 radical (unpaired) electrons. The SMILES string of the molecule is CC(c1ccccc1)N(C)CC(=O)NC1CCCCNC1=O. The molecular weight excluding hydrogens is 278 g/mol. The van der Waals surface area contributed by atoms with Gasteiger partial charge in [0.1, 0.15) is 6.04 Å². The fourth-order valence-electron chi connectivity index (χ4n) is 2.67. The molecule has 120 valence electrons. The van der Waals surface area contributed by atoms with Gasteiger partial charge < -0.3 is 10.6 Å². The Labute approximate surface area is 132 Å². The van der Waals surface area contributed by atoms with Gasteiger partial charge in [-0.2, -0.15) is 0 Å². The molecule has 0 aliphatic carbocycles. The molecule has 2 rings (SSSR count). The predicted octanol–water partition coefficient (Wildman–Crippen LogP) is 1.46. The quantitative estimate of drug-likeness (QED) is 0.866. The molecule has 2 amide bonds. The highest BCUT2D eigenvalue weighted by Crippen LogP contribution is 2.17. The van der Waals surface area contributed by atoms with Gasteiger partial charge in [-0.15, -0.1) is 0 Å². The summed E-state index contributed by atoms with van der Waals surface area (Å²) in [6.45, 7) is 3.05. The van der Waals surface area contributed by atoms with Crippen LogP contribution >= 0.6 is 0 Å². The van der Waals surface area contributed by atoms with Crippen LogP contribution in [-0.4, -0.2) is 42.9 Å². The molecule has 2 unspecified atom stereocenters. The Bertz CT molecular complexity index is 504. The number of carbonyl (C=O) groups excluding carboxylic acids is 2. The van der Waals surface area contributed by atoms with E-state index in [-0.39, 0.29) is 24.4 Å². The highest BCUT2D eigenvalue weighted by atomic mass is 16.2. The van der Waals surface area contributed by atoms with E-state index in [1.807, 2.05) is 30.1 Å². The summed E-state index contributed by atoms with van der Waals surface area (Å²) in [5.74, 6) is -0.169. The summed E-state index contributed by atoms with van der Waals surface area (Å²) in [4.78, 5) is 26.0. The lowest BCUT2D eigenvalue weighted by Gasteiger charge is -2.25. The number of nitrogens with zero attached hydrogens (tertiary/aromatic N) is 1. The molecule has 1 saturated heterocycles. The summed E-state index contributed by atoms with van der Waals surface area (Å²) >= 11 is 0. The van der Waals surface area contributed by atoms with Crippen molar-refractivity contribution in [3.05, 3.63) is 35.9 Å². The average molecular weight is 303 g/mol. The van der Waals surface area contributed by atoms with Gasteiger partial charge in [-0.05, 0) is 38.8 Å². The van der Waals surface area contributed by atoms with Crippen LogP contribution in [0.3, 0.4) is 0 Å². The zero-order valence-electron chi connectivity index (χ0n) is 13.3. The second-order valence-corrected chi connectivity index (χ2v) is 5.91. The van der Waals surface area contributed by atoms with Gasteiger partial charge >= 0.3 is 0 Å². The Morgan fingerprint density at radius 2 is 2.09 bits per heavy atom. The van der Waals surface area contributed by atoms with Crippen molar-refractivity contribution in [1.82, 2.24) is 15.5 Å². The number of hydrogen-bond donors (Lipinski definition) is 2. The van der Waals surface area contributed by atoms with Crippen LogP contribution in [-0.2, 0) is 9.59 Å². The summed E-state index contributed by atoms with van der Waals surface area (Å²) in [5, 5.41) is 5.69. The molecule has 22 heavy (non-hydrogen) atoms. The molecular formula is C17H25N3O2. The van der Waals surface area contributed by atoms with Crippen molar-refractivity contribution < 1.29 is 9.59 Å². The maximum absolute atomic E-state index is 12.2. The Balaban J connectivity index is 1.86. The Hall–Kier alpha value is -1.88. The van der Waals surface area contributed by atoms with Crippen molar-refractivity contribution in [3.63, 3.8) is 0 Å². The average Bonchev–Trinajstić information content (AvgIpc) is 2.72. The topological polar surface area (TPSA) is 61.4 Å². The Kier molecular flexibility index (Phi) is 5.95. The van der Waals surface area contributed by atoms with Crippen LogP contribution in [0.1, 0.15) is 37.8 Å². The van der Waals surface area contributed by atoms with Gasteiger partial charge in [0, 0.05) is 12.6 Å². The summed E-state index contributed by atoms with van der Waals surface area (Å²) in [6.07, 6.45) is 2.65. The highest BCUT2D eigenvalue weighted by molar-refractivity contribution is 5.88. The Morgan fingerprint density at radius 3 is 2.82 bits per heavy atom. The number of amides is 2. The zero-order chi connectivity index (χ0) is 15.9. The zero-order valence-corrected chi connectivity index (χ0v) is 13.3. The molecule has 1 aromatic rings. The molecule has 5 nitrogen and oxygen atoms in total. The first-order valence-electron chi connectivity index (χ1n) is 7.90. The minimum absolute atomic E-state index is 0.0652. The normalized spacial score (nSPS) is 20.1. The van der Waals surface area contributed by atoms with Crippen LogP contribution in [0.15, 0.2) is 30.3 Å². The van der Waals surface area contributed by atoms with Crippen LogP contribution < -0.4 is 10.6 Å². The van der Waals surface area contributed by atoms with Crippen LogP contribution in [0.4, 0.5) is 0 Å². The molecule has 1 aliphatic heterocycles. The summed E-state index contributed by atoms with van der Waals surface area (Å²) in [7, 11) is 1.92. The van der Waals surface area contributed by atoms with Gasteiger partial charge in [-0.1, -0.05) is 30.3 Å². The third-order valence-corrected chi connectivity index (χ3v) is 4.21. The van der Waals surface area contributed by atoms with Crippen molar-refractivity contribution in [2.24, 2.45) is 0 Å². The van der Waals surface area contributed by atoms with Crippen molar-refractivity contribution in [3.8, 4) is 0 Å². The molecule has 0 spiro atoms. The second-order valence-electron chi connectivity index (χ2n) is 5.91. The molecule has 0 aromatic heterocycles. The van der Waals surface area contributed by atoms with Gasteiger partial charge in [0.25, 0.3) is 0 Å². The number of hydrogen-bond acceptors (Lipinski definition) is 3. The first-order valence-corrected chi connectivity index (χ1v) is 7.90. The second kappa shape index (κ2) is 7.94. The van der Waals surface area contributed by atoms with E-state index in [9.17, 15) is 9.59 Å². The minimum atomic E-state index is -0.393. The number of rotatable bonds is 5. The van der Waals surface area contributed by atoms with E-state index >= 15 is 0 Å². The van der Waals surface area contributed by atoms with E-state index in [0.29, 0.717) is 6.54 Å². The van der Waals surface area contributed by atoms with Crippen molar-refractivity contribution in [1.29, 1.82) is 0 Å². The number of carbonyl (C=O) groups is 2. The van der Waals surface area contributed by atoms with Crippen LogP contribution in [0.5, 0.6) is 0 Å². The van der Waals surface area contributed by atoms with Gasteiger partial charge in [0.15, 0.2) is 0 Å². The first kappa shape index (κ1) is 16.5. The fraction of sp³-hybridized carbons (Fsp3) is 0.529. The van der Waals surface area contributed by atoms with Crippen molar-refractivity contribution in [2.45, 2.75) is 38.3 Å². The molecule has 1 aliphatic rings. The molecule has 0 saturated carbocycles. The fourth-order valence-corrected chi connectivity index (χ4v) is 2.67. The van der Waals surface area contributed by atoms with Crippen LogP contribution in [0, 0.1) is 0 Å². The van der Waals surface area contributed by atoms with E-state index in [0.717, 1.165) is 19.3 Å². The van der Waals surface area contributed by atoms with Gasteiger partial charge in [0.2, 0.25) is 11.8 Å². The maximum atomic E-state index is 12.2. The summed E-state index contributed by atoms with van der Waals surface area (Å²) in [5.41, 5.74) is 1.17. The minimum Gasteiger partial charge on any atom is -0.354 e. The van der Waals surface area contributed by atoms with E-state index in [1.165, 1.54) is 5.56 Å². The lowest BCUT2D eigenvalue weighted by atomic mass is 10.1. The van der Waals surface area contributed by atoms with Gasteiger partial charge in [-0.25, -0.2) is 0 Å². The van der Waals surface area contributed by atoms with E-state index in [4.69, 9.17) is 0 Å². The third kappa shape index (κ3) is 4.56. The van der Waals surface area contributed by atoms with Crippen molar-refractivity contribution >= 4 is 11.8 Å². The molecule has 2 N–H and O–H groups in total. The number of benzene rings is 1.